The maximum absolute atomic E-state index is 5.11. The van der Waals surface area contributed by atoms with Crippen LogP contribution in [-0.4, -0.2) is 42.7 Å². The van der Waals surface area contributed by atoms with Crippen LogP contribution >= 0.6 is 0 Å². The van der Waals surface area contributed by atoms with E-state index in [9.17, 15) is 0 Å². The minimum Gasteiger partial charge on any atom is -0.368 e. The molecule has 0 bridgehead atoms. The fourth-order valence-corrected chi connectivity index (χ4v) is 4.84. The number of hydrazine groups is 1. The Morgan fingerprint density at radius 3 is 2.29 bits per heavy atom. The highest BCUT2D eigenvalue weighted by Gasteiger charge is 2.35. The lowest BCUT2D eigenvalue weighted by Gasteiger charge is -2.37. The normalized spacial score (nSPS) is 19.9. The van der Waals surface area contributed by atoms with E-state index in [1.54, 1.807) is 0 Å². The fourth-order valence-electron chi connectivity index (χ4n) is 4.84. The van der Waals surface area contributed by atoms with Crippen molar-refractivity contribution in [1.82, 2.24) is 15.4 Å². The second-order valence-electron chi connectivity index (χ2n) is 8.44. The Morgan fingerprint density at radius 2 is 1.52 bits per heavy atom. The minimum atomic E-state index is 0.293. The van der Waals surface area contributed by atoms with Crippen molar-refractivity contribution in [3.05, 3.63) is 71.8 Å². The fraction of sp³-hybridized carbons (Fsp3) is 0.333. The molecule has 1 atom stereocenters. The third kappa shape index (κ3) is 3.45. The number of anilines is 4. The molecule has 0 saturated carbocycles. The van der Waals surface area contributed by atoms with E-state index in [1.165, 1.54) is 16.8 Å². The molecule has 3 aliphatic heterocycles. The molecule has 0 aliphatic carbocycles. The largest absolute Gasteiger partial charge is 0.368 e. The molecule has 2 aromatic carbocycles. The molecule has 2 N–H and O–H groups in total. The molecule has 1 fully saturated rings. The van der Waals surface area contributed by atoms with Crippen LogP contribution in [-0.2, 0) is 6.54 Å². The number of hydrogen-bond acceptors (Lipinski definition) is 7. The lowest BCUT2D eigenvalue weighted by Crippen LogP contribution is -2.47. The van der Waals surface area contributed by atoms with E-state index < -0.39 is 0 Å². The van der Waals surface area contributed by atoms with E-state index in [-0.39, 0.29) is 0 Å². The van der Waals surface area contributed by atoms with Crippen molar-refractivity contribution in [3.8, 4) is 0 Å². The molecule has 3 aromatic rings. The van der Waals surface area contributed by atoms with Gasteiger partial charge in [-0.25, -0.2) is 5.43 Å². The minimum absolute atomic E-state index is 0.293. The Morgan fingerprint density at radius 1 is 0.806 bits per heavy atom. The zero-order chi connectivity index (χ0) is 20.6. The summed E-state index contributed by atoms with van der Waals surface area (Å²) >= 11 is 0. The smallest absolute Gasteiger partial charge is 0.229 e. The molecule has 7 nitrogen and oxygen atoms in total. The van der Waals surface area contributed by atoms with E-state index in [1.807, 2.05) is 0 Å². The average Bonchev–Trinajstić information content (AvgIpc) is 3.26. The van der Waals surface area contributed by atoms with Gasteiger partial charge in [-0.1, -0.05) is 48.5 Å². The average molecular weight is 414 g/mol. The summed E-state index contributed by atoms with van der Waals surface area (Å²) < 4.78 is 0. The lowest BCUT2D eigenvalue weighted by atomic mass is 10.0. The second kappa shape index (κ2) is 7.74. The first-order valence-electron chi connectivity index (χ1n) is 11.1. The van der Waals surface area contributed by atoms with Gasteiger partial charge < -0.3 is 20.1 Å². The third-order valence-corrected chi connectivity index (χ3v) is 6.51. The summed E-state index contributed by atoms with van der Waals surface area (Å²) in [7, 11) is 0. The summed E-state index contributed by atoms with van der Waals surface area (Å²) in [5.74, 6) is 2.84. The summed E-state index contributed by atoms with van der Waals surface area (Å²) in [4.78, 5) is 17.2. The molecule has 0 spiro atoms. The van der Waals surface area contributed by atoms with Gasteiger partial charge in [0.2, 0.25) is 5.95 Å². The lowest BCUT2D eigenvalue weighted by molar-refractivity contribution is 0.533. The Hall–Kier alpha value is -3.32. The van der Waals surface area contributed by atoms with Crippen molar-refractivity contribution in [2.24, 2.45) is 0 Å². The summed E-state index contributed by atoms with van der Waals surface area (Å²) in [6, 6.07) is 21.6. The molecule has 0 amide bonds. The molecule has 3 aliphatic rings. The molecule has 1 unspecified atom stereocenters. The van der Waals surface area contributed by atoms with Gasteiger partial charge in [-0.15, -0.1) is 0 Å². The Labute approximate surface area is 182 Å². The summed E-state index contributed by atoms with van der Waals surface area (Å²) in [6.07, 6.45) is 1.05. The summed E-state index contributed by atoms with van der Waals surface area (Å²) in [5.41, 5.74) is 10.5. The Balaban J connectivity index is 1.26. The number of rotatable bonds is 4. The van der Waals surface area contributed by atoms with E-state index in [0.29, 0.717) is 6.04 Å². The number of piperazine rings is 1. The zero-order valence-corrected chi connectivity index (χ0v) is 17.5. The van der Waals surface area contributed by atoms with Crippen LogP contribution in [0.2, 0.25) is 0 Å². The van der Waals surface area contributed by atoms with Gasteiger partial charge in [0.1, 0.15) is 5.82 Å². The highest BCUT2D eigenvalue weighted by Crippen LogP contribution is 2.41. The molecule has 6 rings (SSSR count). The van der Waals surface area contributed by atoms with E-state index in [2.05, 4.69) is 86.2 Å². The Bertz CT molecular complexity index is 1050. The van der Waals surface area contributed by atoms with Crippen LogP contribution in [0.15, 0.2) is 60.7 Å². The molecule has 1 saturated heterocycles. The van der Waals surface area contributed by atoms with Gasteiger partial charge in [-0.2, -0.15) is 9.97 Å². The summed E-state index contributed by atoms with van der Waals surface area (Å²) in [5, 5.41) is 0. The van der Waals surface area contributed by atoms with Crippen molar-refractivity contribution in [2.45, 2.75) is 19.0 Å². The van der Waals surface area contributed by atoms with Gasteiger partial charge in [0.05, 0.1) is 11.6 Å². The van der Waals surface area contributed by atoms with Crippen LogP contribution in [0.5, 0.6) is 0 Å². The van der Waals surface area contributed by atoms with Crippen molar-refractivity contribution in [2.75, 3.05) is 52.8 Å². The molecule has 4 heterocycles. The van der Waals surface area contributed by atoms with E-state index in [4.69, 9.17) is 9.97 Å². The maximum atomic E-state index is 5.11. The Kier molecular flexibility index (Phi) is 4.61. The van der Waals surface area contributed by atoms with Crippen LogP contribution in [0, 0.1) is 0 Å². The first-order chi connectivity index (χ1) is 15.3. The highest BCUT2D eigenvalue weighted by atomic mass is 15.5. The number of benzene rings is 2. The highest BCUT2D eigenvalue weighted by molar-refractivity contribution is 5.67. The molecule has 7 heteroatoms. The van der Waals surface area contributed by atoms with Gasteiger partial charge in [-0.05, 0) is 24.1 Å². The second-order valence-corrected chi connectivity index (χ2v) is 8.44. The number of para-hydroxylation sites is 1. The van der Waals surface area contributed by atoms with Crippen LogP contribution in [0.1, 0.15) is 23.6 Å². The molecule has 158 valence electrons. The van der Waals surface area contributed by atoms with Crippen LogP contribution in [0.25, 0.3) is 0 Å². The van der Waals surface area contributed by atoms with Crippen molar-refractivity contribution in [1.29, 1.82) is 0 Å². The molecule has 1 aromatic heterocycles. The molecule has 31 heavy (non-hydrogen) atoms. The van der Waals surface area contributed by atoms with Gasteiger partial charge in [0.25, 0.3) is 0 Å². The summed E-state index contributed by atoms with van der Waals surface area (Å²) in [6.45, 7) is 5.64. The first kappa shape index (κ1) is 18.4. The van der Waals surface area contributed by atoms with Crippen molar-refractivity contribution < 1.29 is 0 Å². The predicted octanol–water partition coefficient (Wildman–Crippen LogP) is 3.18. The van der Waals surface area contributed by atoms with Gasteiger partial charge in [0.15, 0.2) is 5.82 Å². The maximum Gasteiger partial charge on any atom is 0.229 e. The molecule has 0 radical (unpaired) electrons. The van der Waals surface area contributed by atoms with Crippen molar-refractivity contribution >= 4 is 23.3 Å². The topological polar surface area (TPSA) is 59.6 Å². The standard InChI is InChI=1S/C24H27N7/c1-3-7-18(8-4-1)17-31-12-11-20-21-22(28-27-20)25-24(26-23(21)31)30-15-13-29(14-16-30)19-9-5-2-6-10-19/h1-10,20,27H,11-17H2,(H,25,26,28). The number of nitrogens with one attached hydrogen (secondary N) is 2. The van der Waals surface area contributed by atoms with E-state index in [0.717, 1.165) is 63.3 Å². The van der Waals surface area contributed by atoms with Crippen LogP contribution < -0.4 is 25.6 Å². The third-order valence-electron chi connectivity index (χ3n) is 6.51. The van der Waals surface area contributed by atoms with Gasteiger partial charge in [-0.3, -0.25) is 0 Å². The number of nitrogens with zero attached hydrogens (tertiary/aromatic N) is 5. The quantitative estimate of drug-likeness (QED) is 0.681. The molecular weight excluding hydrogens is 386 g/mol. The van der Waals surface area contributed by atoms with Crippen LogP contribution in [0.3, 0.4) is 0 Å². The predicted molar refractivity (Wildman–Crippen MR) is 125 cm³/mol. The van der Waals surface area contributed by atoms with Gasteiger partial charge in [0, 0.05) is 45.0 Å². The van der Waals surface area contributed by atoms with Crippen molar-refractivity contribution in [3.63, 3.8) is 0 Å². The van der Waals surface area contributed by atoms with Gasteiger partial charge >= 0.3 is 0 Å². The first-order valence-corrected chi connectivity index (χ1v) is 11.1. The monoisotopic (exact) mass is 413 g/mol. The SMILES string of the molecule is c1ccc(CN2CCC3NNc4nc(N5CCN(c6ccccc6)CC5)nc2c43)cc1. The number of hydrogen-bond donors (Lipinski definition) is 2. The number of aromatic nitrogens is 2. The zero-order valence-electron chi connectivity index (χ0n) is 17.5. The van der Waals surface area contributed by atoms with Crippen LogP contribution in [0.4, 0.5) is 23.3 Å². The molecular formula is C24H27N7. The van der Waals surface area contributed by atoms with E-state index >= 15 is 0 Å².